The Kier molecular flexibility index (Phi) is 5.79. The molecule has 2 amide bonds. The summed E-state index contributed by atoms with van der Waals surface area (Å²) >= 11 is 5.95. The van der Waals surface area contributed by atoms with Crippen LogP contribution in [0, 0.1) is 6.92 Å². The van der Waals surface area contributed by atoms with E-state index >= 15 is 0 Å². The van der Waals surface area contributed by atoms with Crippen LogP contribution in [0.15, 0.2) is 18.2 Å². The normalized spacial score (nSPS) is 11.8. The van der Waals surface area contributed by atoms with Crippen LogP contribution in [-0.4, -0.2) is 29.6 Å². The molecule has 1 aromatic rings. The highest BCUT2D eigenvalue weighted by molar-refractivity contribution is 6.41. The molecular weight excluding hydrogens is 268 g/mol. The third kappa shape index (κ3) is 4.89. The molecule has 0 spiro atoms. The molecule has 0 saturated carbocycles. The smallest absolute Gasteiger partial charge is 0.313 e. The van der Waals surface area contributed by atoms with Crippen molar-refractivity contribution in [1.82, 2.24) is 5.32 Å². The van der Waals surface area contributed by atoms with E-state index in [2.05, 4.69) is 10.6 Å². The first-order chi connectivity index (χ1) is 8.93. The molecule has 5 nitrogen and oxygen atoms in total. The molecule has 1 atom stereocenters. The molecule has 6 heteroatoms. The first kappa shape index (κ1) is 15.5. The molecule has 0 heterocycles. The lowest BCUT2D eigenvalue weighted by molar-refractivity contribution is -0.136. The second-order valence-electron chi connectivity index (χ2n) is 4.32. The Bertz CT molecular complexity index is 477. The average molecular weight is 285 g/mol. The molecule has 0 aliphatic heterocycles. The van der Waals surface area contributed by atoms with Gasteiger partial charge in [-0.05, 0) is 38.0 Å². The Balaban J connectivity index is 2.61. The van der Waals surface area contributed by atoms with Crippen molar-refractivity contribution in [3.63, 3.8) is 0 Å². The standard InChI is InChI=1S/C13H17ClN2O3/c1-8-3-4-11(10(14)7-8)16-13(19)12(18)15-9(2)5-6-17/h3-4,7,9,17H,5-6H2,1-2H3,(H,15,18)(H,16,19)/t9-/m1/s1. The van der Waals surface area contributed by atoms with Gasteiger partial charge in [-0.3, -0.25) is 9.59 Å². The third-order valence-electron chi connectivity index (χ3n) is 2.52. The van der Waals surface area contributed by atoms with Crippen LogP contribution in [0.4, 0.5) is 5.69 Å². The zero-order valence-electron chi connectivity index (χ0n) is 10.9. The quantitative estimate of drug-likeness (QED) is 0.733. The van der Waals surface area contributed by atoms with Gasteiger partial charge in [0.25, 0.3) is 0 Å². The van der Waals surface area contributed by atoms with Gasteiger partial charge < -0.3 is 15.7 Å². The van der Waals surface area contributed by atoms with E-state index in [0.717, 1.165) is 5.56 Å². The van der Waals surface area contributed by atoms with E-state index in [1.54, 1.807) is 25.1 Å². The molecule has 3 N–H and O–H groups in total. The van der Waals surface area contributed by atoms with Gasteiger partial charge in [-0.15, -0.1) is 0 Å². The number of hydrogen-bond acceptors (Lipinski definition) is 3. The molecule has 0 aliphatic rings. The SMILES string of the molecule is Cc1ccc(NC(=O)C(=O)N[C@H](C)CCO)c(Cl)c1. The summed E-state index contributed by atoms with van der Waals surface area (Å²) in [5.74, 6) is -1.53. The fraction of sp³-hybridized carbons (Fsp3) is 0.385. The maximum atomic E-state index is 11.6. The summed E-state index contributed by atoms with van der Waals surface area (Å²) in [6, 6.07) is 4.86. The van der Waals surface area contributed by atoms with Gasteiger partial charge in [0.15, 0.2) is 0 Å². The van der Waals surface area contributed by atoms with Crippen molar-refractivity contribution >= 4 is 29.1 Å². The number of carbonyl (C=O) groups is 2. The number of aliphatic hydroxyl groups is 1. The van der Waals surface area contributed by atoms with Gasteiger partial charge in [-0.25, -0.2) is 0 Å². The van der Waals surface area contributed by atoms with Crippen LogP contribution in [0.1, 0.15) is 18.9 Å². The topological polar surface area (TPSA) is 78.4 Å². The number of aliphatic hydroxyl groups excluding tert-OH is 1. The summed E-state index contributed by atoms with van der Waals surface area (Å²) in [4.78, 5) is 23.2. The highest BCUT2D eigenvalue weighted by Gasteiger charge is 2.16. The molecule has 1 aromatic carbocycles. The van der Waals surface area contributed by atoms with Crippen LogP contribution >= 0.6 is 11.6 Å². The van der Waals surface area contributed by atoms with E-state index in [0.29, 0.717) is 17.1 Å². The first-order valence-electron chi connectivity index (χ1n) is 5.93. The number of hydrogen-bond donors (Lipinski definition) is 3. The Labute approximate surface area is 117 Å². The summed E-state index contributed by atoms with van der Waals surface area (Å²) < 4.78 is 0. The van der Waals surface area contributed by atoms with Crippen molar-refractivity contribution in [2.24, 2.45) is 0 Å². The summed E-state index contributed by atoms with van der Waals surface area (Å²) in [5.41, 5.74) is 1.35. The molecule has 0 radical (unpaired) electrons. The molecule has 1 rings (SSSR count). The van der Waals surface area contributed by atoms with Crippen molar-refractivity contribution in [2.75, 3.05) is 11.9 Å². The van der Waals surface area contributed by atoms with E-state index in [4.69, 9.17) is 16.7 Å². The number of halogens is 1. The maximum Gasteiger partial charge on any atom is 0.313 e. The van der Waals surface area contributed by atoms with Gasteiger partial charge >= 0.3 is 11.8 Å². The van der Waals surface area contributed by atoms with E-state index in [-0.39, 0.29) is 12.6 Å². The average Bonchev–Trinajstić information content (AvgIpc) is 2.32. The summed E-state index contributed by atoms with van der Waals surface area (Å²) in [6.07, 6.45) is 0.393. The van der Waals surface area contributed by atoms with Crippen molar-refractivity contribution < 1.29 is 14.7 Å². The van der Waals surface area contributed by atoms with Crippen molar-refractivity contribution in [3.05, 3.63) is 28.8 Å². The molecule has 0 unspecified atom stereocenters. The molecule has 19 heavy (non-hydrogen) atoms. The summed E-state index contributed by atoms with van der Waals surface area (Å²) in [6.45, 7) is 3.54. The van der Waals surface area contributed by atoms with Gasteiger partial charge in [0.05, 0.1) is 10.7 Å². The van der Waals surface area contributed by atoms with E-state index in [1.807, 2.05) is 6.92 Å². The summed E-state index contributed by atoms with van der Waals surface area (Å²) in [7, 11) is 0. The van der Waals surface area contributed by atoms with Crippen LogP contribution in [0.3, 0.4) is 0 Å². The summed E-state index contributed by atoms with van der Waals surface area (Å²) in [5, 5.41) is 14.0. The van der Waals surface area contributed by atoms with Gasteiger partial charge in [-0.2, -0.15) is 0 Å². The van der Waals surface area contributed by atoms with Gasteiger partial charge in [0, 0.05) is 12.6 Å². The van der Waals surface area contributed by atoms with Crippen LogP contribution in [-0.2, 0) is 9.59 Å². The van der Waals surface area contributed by atoms with Crippen LogP contribution in [0.2, 0.25) is 5.02 Å². The Morgan fingerprint density at radius 3 is 2.63 bits per heavy atom. The first-order valence-corrected chi connectivity index (χ1v) is 6.30. The van der Waals surface area contributed by atoms with E-state index in [9.17, 15) is 9.59 Å². The molecule has 0 bridgehead atoms. The largest absolute Gasteiger partial charge is 0.396 e. The third-order valence-corrected chi connectivity index (χ3v) is 2.83. The predicted octanol–water partition coefficient (Wildman–Crippen LogP) is 1.47. The zero-order valence-corrected chi connectivity index (χ0v) is 11.6. The fourth-order valence-electron chi connectivity index (χ4n) is 1.46. The van der Waals surface area contributed by atoms with Crippen LogP contribution < -0.4 is 10.6 Å². The highest BCUT2D eigenvalue weighted by Crippen LogP contribution is 2.22. The van der Waals surface area contributed by atoms with Crippen LogP contribution in [0.25, 0.3) is 0 Å². The Morgan fingerprint density at radius 1 is 1.37 bits per heavy atom. The lowest BCUT2D eigenvalue weighted by Crippen LogP contribution is -2.40. The van der Waals surface area contributed by atoms with E-state index in [1.165, 1.54) is 0 Å². The fourth-order valence-corrected chi connectivity index (χ4v) is 1.74. The number of anilines is 1. The molecule has 104 valence electrons. The Morgan fingerprint density at radius 2 is 2.05 bits per heavy atom. The number of carbonyl (C=O) groups excluding carboxylic acids is 2. The number of rotatable bonds is 4. The molecular formula is C13H17ClN2O3. The maximum absolute atomic E-state index is 11.6. The second kappa shape index (κ2) is 7.11. The van der Waals surface area contributed by atoms with Crippen molar-refractivity contribution in [1.29, 1.82) is 0 Å². The number of benzene rings is 1. The molecule has 0 fully saturated rings. The number of nitrogens with one attached hydrogen (secondary N) is 2. The minimum Gasteiger partial charge on any atom is -0.396 e. The number of amides is 2. The molecule has 0 saturated heterocycles. The van der Waals surface area contributed by atoms with Crippen LogP contribution in [0.5, 0.6) is 0 Å². The van der Waals surface area contributed by atoms with Gasteiger partial charge in [0.1, 0.15) is 0 Å². The predicted molar refractivity (Wildman–Crippen MR) is 74.1 cm³/mol. The Hall–Kier alpha value is -1.59. The lowest BCUT2D eigenvalue weighted by Gasteiger charge is -2.12. The highest BCUT2D eigenvalue weighted by atomic mass is 35.5. The second-order valence-corrected chi connectivity index (χ2v) is 4.73. The molecule has 0 aliphatic carbocycles. The van der Waals surface area contributed by atoms with Crippen molar-refractivity contribution in [3.8, 4) is 0 Å². The minimum absolute atomic E-state index is 0.0488. The van der Waals surface area contributed by atoms with E-state index < -0.39 is 11.8 Å². The monoisotopic (exact) mass is 284 g/mol. The van der Waals surface area contributed by atoms with Gasteiger partial charge in [-0.1, -0.05) is 17.7 Å². The van der Waals surface area contributed by atoms with Crippen molar-refractivity contribution in [2.45, 2.75) is 26.3 Å². The molecule has 0 aromatic heterocycles. The number of aryl methyl sites for hydroxylation is 1. The minimum atomic E-state index is -0.782. The van der Waals surface area contributed by atoms with Gasteiger partial charge in [0.2, 0.25) is 0 Å². The zero-order chi connectivity index (χ0) is 14.4. The lowest BCUT2D eigenvalue weighted by atomic mass is 10.2.